The maximum absolute atomic E-state index is 4.17. The highest BCUT2D eigenvalue weighted by atomic mass is 15.0. The highest BCUT2D eigenvalue weighted by molar-refractivity contribution is 6.17. The second kappa shape index (κ2) is 14.0. The summed E-state index contributed by atoms with van der Waals surface area (Å²) in [5.41, 5.74) is 29.7. The van der Waals surface area contributed by atoms with Gasteiger partial charge in [0.1, 0.15) is 0 Å². The van der Waals surface area contributed by atoms with Crippen LogP contribution in [0.5, 0.6) is 0 Å². The minimum atomic E-state index is 0.978. The number of rotatable bonds is 6. The summed E-state index contributed by atoms with van der Waals surface area (Å²) in [6, 6.07) is 39.9. The van der Waals surface area contributed by atoms with Gasteiger partial charge in [-0.25, -0.2) is 0 Å². The van der Waals surface area contributed by atoms with Gasteiger partial charge in [0.25, 0.3) is 0 Å². The lowest BCUT2D eigenvalue weighted by molar-refractivity contribution is 0.884. The van der Waals surface area contributed by atoms with Gasteiger partial charge in [0, 0.05) is 32.9 Å². The highest BCUT2D eigenvalue weighted by Crippen LogP contribution is 2.52. The summed E-state index contributed by atoms with van der Waals surface area (Å²) in [7, 11) is 0. The Bertz CT molecular complexity index is 3380. The van der Waals surface area contributed by atoms with E-state index in [0.29, 0.717) is 0 Å². The van der Waals surface area contributed by atoms with Crippen LogP contribution in [-0.4, -0.2) is 9.13 Å². The molecule has 0 radical (unpaired) electrons. The predicted octanol–water partition coefficient (Wildman–Crippen LogP) is 15.5. The van der Waals surface area contributed by atoms with Crippen molar-refractivity contribution in [3.8, 4) is 39.1 Å². The first kappa shape index (κ1) is 37.4. The third kappa shape index (κ3) is 5.54. The lowest BCUT2D eigenvalue weighted by Gasteiger charge is -2.31. The molecule has 0 saturated carbocycles. The second-order valence-corrected chi connectivity index (χ2v) is 17.8. The Hall–Kier alpha value is -6.64. The van der Waals surface area contributed by atoms with E-state index in [1.807, 2.05) is 6.08 Å². The van der Waals surface area contributed by atoms with Crippen molar-refractivity contribution in [2.24, 2.45) is 0 Å². The van der Waals surface area contributed by atoms with Crippen molar-refractivity contribution in [1.82, 2.24) is 9.13 Å². The predicted molar refractivity (Wildman–Crippen MR) is 263 cm³/mol. The number of hydrogen-bond donors (Lipinski definition) is 0. The van der Waals surface area contributed by atoms with Crippen LogP contribution < -0.4 is 0 Å². The molecule has 2 aliphatic carbocycles. The smallest absolute Gasteiger partial charge is 0.0579 e. The first-order chi connectivity index (χ1) is 29.6. The molecule has 7 aromatic carbocycles. The molecular weight excluding hydrogens is 737 g/mol. The molecule has 2 aromatic heterocycles. The lowest BCUT2D eigenvalue weighted by atomic mass is 9.74. The van der Waals surface area contributed by atoms with Gasteiger partial charge in [0.15, 0.2) is 0 Å². The standard InChI is InChI=1S/C59H52N2/c1-9-14-46(15-10-2)60-54-24-20-40(44-26-34(3)38(7)35(4)27-44)30-50(54)52-32-42-18-19-43-33-53-51-31-41(45-28-36(5)39(8)37(6)29-45)21-25-55(51)61(47-16-12-11-13-17-47)59(53)49-23-22-48(58(52)60)56(42)57(43)49/h9-17,20-21,24-33H,1,18-19,22-23H2,2-8H3/b15-10-,46-14+. The molecule has 2 nitrogen and oxygen atoms in total. The van der Waals surface area contributed by atoms with Crippen molar-refractivity contribution in [2.45, 2.75) is 74.1 Å². The number of aromatic nitrogens is 2. The van der Waals surface area contributed by atoms with Crippen LogP contribution in [0.3, 0.4) is 0 Å². The largest absolute Gasteiger partial charge is 0.309 e. The molecule has 0 saturated heterocycles. The molecule has 0 atom stereocenters. The summed E-state index contributed by atoms with van der Waals surface area (Å²) in [5.74, 6) is 0. The van der Waals surface area contributed by atoms with Crippen LogP contribution in [0.25, 0.3) is 88.4 Å². The first-order valence-electron chi connectivity index (χ1n) is 22.1. The fourth-order valence-electron chi connectivity index (χ4n) is 11.0. The lowest BCUT2D eigenvalue weighted by Crippen LogP contribution is -2.16. The van der Waals surface area contributed by atoms with Gasteiger partial charge < -0.3 is 9.13 Å². The fourth-order valence-corrected chi connectivity index (χ4v) is 11.0. The van der Waals surface area contributed by atoms with Crippen molar-refractivity contribution < 1.29 is 0 Å². The maximum Gasteiger partial charge on any atom is 0.0579 e. The van der Waals surface area contributed by atoms with Crippen LogP contribution in [0, 0.1) is 41.5 Å². The maximum atomic E-state index is 4.17. The van der Waals surface area contributed by atoms with Crippen molar-refractivity contribution in [3.63, 3.8) is 0 Å². The summed E-state index contributed by atoms with van der Waals surface area (Å²) in [6.45, 7) is 19.7. The van der Waals surface area contributed by atoms with Crippen molar-refractivity contribution in [1.29, 1.82) is 0 Å². The number of hydrogen-bond acceptors (Lipinski definition) is 0. The number of para-hydroxylation sites is 1. The van der Waals surface area contributed by atoms with Gasteiger partial charge in [-0.05, 0) is 224 Å². The van der Waals surface area contributed by atoms with Crippen LogP contribution in [0.2, 0.25) is 0 Å². The van der Waals surface area contributed by atoms with Crippen LogP contribution in [0.1, 0.15) is 62.6 Å². The van der Waals surface area contributed by atoms with E-state index in [1.165, 1.54) is 138 Å². The first-order valence-corrected chi connectivity index (χ1v) is 22.1. The van der Waals surface area contributed by atoms with E-state index < -0.39 is 0 Å². The van der Waals surface area contributed by atoms with Crippen LogP contribution in [-0.2, 0) is 25.7 Å². The Morgan fingerprint density at radius 3 is 1.57 bits per heavy atom. The Morgan fingerprint density at radius 2 is 1.03 bits per heavy atom. The molecule has 0 unspecified atom stereocenters. The Balaban J connectivity index is 1.21. The Morgan fingerprint density at radius 1 is 0.525 bits per heavy atom. The van der Waals surface area contributed by atoms with Gasteiger partial charge in [-0.2, -0.15) is 0 Å². The molecule has 11 rings (SSSR count). The van der Waals surface area contributed by atoms with Gasteiger partial charge in [-0.1, -0.05) is 73.3 Å². The third-order valence-electron chi connectivity index (χ3n) is 14.4. The quantitative estimate of drug-likeness (QED) is 0.149. The highest BCUT2D eigenvalue weighted by Gasteiger charge is 2.33. The summed E-state index contributed by atoms with van der Waals surface area (Å²) in [5, 5.41) is 5.37. The van der Waals surface area contributed by atoms with E-state index >= 15 is 0 Å². The van der Waals surface area contributed by atoms with Gasteiger partial charge in [-0.15, -0.1) is 0 Å². The number of fused-ring (bicyclic) bond motifs is 8. The van der Waals surface area contributed by atoms with Crippen molar-refractivity contribution in [3.05, 3.63) is 190 Å². The van der Waals surface area contributed by atoms with E-state index in [9.17, 15) is 0 Å². The van der Waals surface area contributed by atoms with Crippen molar-refractivity contribution in [2.75, 3.05) is 0 Å². The Labute approximate surface area is 359 Å². The molecule has 0 aliphatic heterocycles. The zero-order valence-electron chi connectivity index (χ0n) is 36.6. The van der Waals surface area contributed by atoms with Gasteiger partial charge >= 0.3 is 0 Å². The minimum Gasteiger partial charge on any atom is -0.309 e. The molecule has 0 N–H and O–H groups in total. The molecule has 0 amide bonds. The molecule has 2 heteroatoms. The SMILES string of the molecule is C=C/C=C(\C=C/C)n1c2ccc(-c3cc(C)c(C)c(C)c3)cc2c2cc3c4c(c21)CCc1c-4c(cc2c4cc(-c5cc(C)c(C)c(C)c5)ccc4n(-c4ccccc4)c12)CC3. The van der Waals surface area contributed by atoms with Gasteiger partial charge in [-0.3, -0.25) is 0 Å². The van der Waals surface area contributed by atoms with E-state index in [2.05, 4.69) is 186 Å². The van der Waals surface area contributed by atoms with Crippen LogP contribution in [0.4, 0.5) is 0 Å². The second-order valence-electron chi connectivity index (χ2n) is 17.8. The van der Waals surface area contributed by atoms with Gasteiger partial charge in [0.2, 0.25) is 0 Å². The summed E-state index contributed by atoms with van der Waals surface area (Å²) in [6.07, 6.45) is 12.5. The normalized spacial score (nSPS) is 13.7. The number of benzene rings is 7. The molecule has 61 heavy (non-hydrogen) atoms. The number of nitrogens with zero attached hydrogens (tertiary/aromatic N) is 2. The summed E-state index contributed by atoms with van der Waals surface area (Å²) in [4.78, 5) is 0. The monoisotopic (exact) mass is 788 g/mol. The zero-order valence-corrected chi connectivity index (χ0v) is 36.6. The van der Waals surface area contributed by atoms with Crippen LogP contribution >= 0.6 is 0 Å². The summed E-state index contributed by atoms with van der Waals surface area (Å²) >= 11 is 0. The third-order valence-corrected chi connectivity index (χ3v) is 14.4. The molecule has 2 aliphatic rings. The topological polar surface area (TPSA) is 9.86 Å². The molecule has 0 fully saturated rings. The molecule has 2 heterocycles. The molecule has 9 aromatic rings. The van der Waals surface area contributed by atoms with Crippen molar-refractivity contribution >= 4 is 49.3 Å². The fraction of sp³-hybridized carbons (Fsp3) is 0.186. The van der Waals surface area contributed by atoms with E-state index in [1.54, 1.807) is 0 Å². The average Bonchev–Trinajstić information content (AvgIpc) is 3.78. The average molecular weight is 789 g/mol. The van der Waals surface area contributed by atoms with Gasteiger partial charge in [0.05, 0.1) is 22.1 Å². The molecule has 298 valence electrons. The minimum absolute atomic E-state index is 0.978. The number of aryl methyl sites for hydroxylation is 8. The Kier molecular flexibility index (Phi) is 8.55. The van der Waals surface area contributed by atoms with E-state index in [4.69, 9.17) is 0 Å². The molecule has 0 bridgehead atoms. The number of allylic oxidation sites excluding steroid dienone is 5. The van der Waals surface area contributed by atoms with E-state index in [-0.39, 0.29) is 0 Å². The summed E-state index contributed by atoms with van der Waals surface area (Å²) < 4.78 is 5.10. The zero-order chi connectivity index (χ0) is 41.8. The molecular formula is C59H52N2. The van der Waals surface area contributed by atoms with E-state index in [0.717, 1.165) is 31.4 Å². The van der Waals surface area contributed by atoms with Crippen LogP contribution in [0.15, 0.2) is 134 Å². The molecule has 0 spiro atoms.